The number of benzene rings is 2. The Morgan fingerprint density at radius 2 is 1.97 bits per heavy atom. The van der Waals surface area contributed by atoms with Gasteiger partial charge in [-0.25, -0.2) is 0 Å². The Balaban J connectivity index is 1.52. The van der Waals surface area contributed by atoms with Crippen LogP contribution >= 0.6 is 0 Å². The number of piperazine rings is 1. The van der Waals surface area contributed by atoms with E-state index in [1.807, 2.05) is 30.3 Å². The van der Waals surface area contributed by atoms with Crippen molar-refractivity contribution in [2.75, 3.05) is 38.3 Å². The Labute approximate surface area is 171 Å². The van der Waals surface area contributed by atoms with Crippen LogP contribution in [0.1, 0.15) is 23.1 Å². The van der Waals surface area contributed by atoms with Gasteiger partial charge in [0.25, 0.3) is 6.01 Å². The first kappa shape index (κ1) is 19.7. The SMILES string of the molecule is COc1ccc(CN2CCN(c3nc4ccccc4o3)CC2CCO)c(C)c1C. The fourth-order valence-corrected chi connectivity index (χ4v) is 4.16. The molecule has 0 radical (unpaired) electrons. The van der Waals surface area contributed by atoms with Gasteiger partial charge in [0.1, 0.15) is 11.3 Å². The number of anilines is 1. The van der Waals surface area contributed by atoms with Crippen molar-refractivity contribution < 1.29 is 14.3 Å². The summed E-state index contributed by atoms with van der Waals surface area (Å²) in [6.07, 6.45) is 0.727. The third-order valence-corrected chi connectivity index (χ3v) is 6.06. The maximum atomic E-state index is 9.64. The summed E-state index contributed by atoms with van der Waals surface area (Å²) in [6.45, 7) is 7.83. The summed E-state index contributed by atoms with van der Waals surface area (Å²) in [5, 5.41) is 9.64. The topological polar surface area (TPSA) is 62.0 Å². The molecule has 4 rings (SSSR count). The molecule has 1 aliphatic heterocycles. The predicted octanol–water partition coefficient (Wildman–Crippen LogP) is 3.53. The Bertz CT molecular complexity index is 952. The van der Waals surface area contributed by atoms with Gasteiger partial charge in [-0.15, -0.1) is 0 Å². The van der Waals surface area contributed by atoms with Gasteiger partial charge in [0, 0.05) is 38.8 Å². The summed E-state index contributed by atoms with van der Waals surface area (Å²) < 4.78 is 11.4. The second-order valence-corrected chi connectivity index (χ2v) is 7.72. The number of oxazole rings is 1. The molecule has 1 atom stereocenters. The highest BCUT2D eigenvalue weighted by Gasteiger charge is 2.29. The minimum atomic E-state index is 0.170. The fraction of sp³-hybridized carbons (Fsp3) is 0.435. The number of hydrogen-bond acceptors (Lipinski definition) is 6. The molecule has 2 aromatic carbocycles. The van der Waals surface area contributed by atoms with Crippen LogP contribution < -0.4 is 9.64 Å². The molecule has 1 aromatic heterocycles. The van der Waals surface area contributed by atoms with Crippen molar-refractivity contribution in [1.82, 2.24) is 9.88 Å². The lowest BCUT2D eigenvalue weighted by molar-refractivity contribution is 0.133. The number of nitrogens with zero attached hydrogens (tertiary/aromatic N) is 3. The Morgan fingerprint density at radius 1 is 1.14 bits per heavy atom. The van der Waals surface area contributed by atoms with Gasteiger partial charge >= 0.3 is 0 Å². The number of methoxy groups -OCH3 is 1. The van der Waals surface area contributed by atoms with Crippen molar-refractivity contribution in [2.24, 2.45) is 0 Å². The number of aliphatic hydroxyl groups excluding tert-OH is 1. The van der Waals surface area contributed by atoms with E-state index in [4.69, 9.17) is 9.15 Å². The van der Waals surface area contributed by atoms with Crippen LogP contribution in [-0.2, 0) is 6.54 Å². The minimum Gasteiger partial charge on any atom is -0.496 e. The largest absolute Gasteiger partial charge is 0.496 e. The quantitative estimate of drug-likeness (QED) is 0.689. The molecule has 6 heteroatoms. The first-order valence-electron chi connectivity index (χ1n) is 10.2. The van der Waals surface area contributed by atoms with E-state index < -0.39 is 0 Å². The normalized spacial score (nSPS) is 17.8. The summed E-state index contributed by atoms with van der Waals surface area (Å²) in [5.41, 5.74) is 5.46. The van der Waals surface area contributed by atoms with E-state index in [9.17, 15) is 5.11 Å². The second kappa shape index (κ2) is 8.43. The van der Waals surface area contributed by atoms with E-state index in [2.05, 4.69) is 34.7 Å². The average molecular weight is 396 g/mol. The van der Waals surface area contributed by atoms with E-state index in [1.165, 1.54) is 16.7 Å². The smallest absolute Gasteiger partial charge is 0.298 e. The first-order chi connectivity index (χ1) is 14.1. The van der Waals surface area contributed by atoms with Crippen molar-refractivity contribution >= 4 is 17.1 Å². The third-order valence-electron chi connectivity index (χ3n) is 6.06. The van der Waals surface area contributed by atoms with Crippen LogP contribution in [-0.4, -0.2) is 54.4 Å². The molecule has 29 heavy (non-hydrogen) atoms. The standard InChI is InChI=1S/C23H29N3O3/c1-16-17(2)21(28-3)9-8-18(16)14-25-11-12-26(15-19(25)10-13-27)23-24-20-6-4-5-7-22(20)29-23/h4-9,19,27H,10-15H2,1-3H3. The highest BCUT2D eigenvalue weighted by molar-refractivity contribution is 5.74. The molecule has 0 bridgehead atoms. The lowest BCUT2D eigenvalue weighted by Gasteiger charge is -2.41. The fourth-order valence-electron chi connectivity index (χ4n) is 4.16. The molecule has 1 saturated heterocycles. The summed E-state index contributed by atoms with van der Waals surface area (Å²) >= 11 is 0. The van der Waals surface area contributed by atoms with Crippen molar-refractivity contribution in [3.05, 3.63) is 53.1 Å². The second-order valence-electron chi connectivity index (χ2n) is 7.72. The first-order valence-corrected chi connectivity index (χ1v) is 10.2. The van der Waals surface area contributed by atoms with Crippen molar-refractivity contribution in [3.8, 4) is 5.75 Å². The maximum absolute atomic E-state index is 9.64. The summed E-state index contributed by atoms with van der Waals surface area (Å²) in [4.78, 5) is 9.31. The van der Waals surface area contributed by atoms with Crippen LogP contribution in [0, 0.1) is 13.8 Å². The number of hydrogen-bond donors (Lipinski definition) is 1. The van der Waals surface area contributed by atoms with E-state index >= 15 is 0 Å². The van der Waals surface area contributed by atoms with Crippen LogP contribution in [0.4, 0.5) is 6.01 Å². The average Bonchev–Trinajstić information content (AvgIpc) is 3.17. The molecule has 154 valence electrons. The minimum absolute atomic E-state index is 0.170. The van der Waals surface area contributed by atoms with Gasteiger partial charge in [-0.1, -0.05) is 18.2 Å². The number of aromatic nitrogens is 1. The van der Waals surface area contributed by atoms with Crippen LogP contribution in [0.5, 0.6) is 5.75 Å². The molecular weight excluding hydrogens is 366 g/mol. The van der Waals surface area contributed by atoms with Crippen molar-refractivity contribution in [3.63, 3.8) is 0 Å². The Hall–Kier alpha value is -2.57. The molecule has 1 fully saturated rings. The van der Waals surface area contributed by atoms with Gasteiger partial charge in [-0.2, -0.15) is 4.98 Å². The predicted molar refractivity (Wildman–Crippen MR) is 115 cm³/mol. The van der Waals surface area contributed by atoms with Crippen molar-refractivity contribution in [2.45, 2.75) is 32.9 Å². The van der Waals surface area contributed by atoms with Crippen molar-refractivity contribution in [1.29, 1.82) is 0 Å². The Morgan fingerprint density at radius 3 is 2.72 bits per heavy atom. The summed E-state index contributed by atoms with van der Waals surface area (Å²) in [7, 11) is 1.71. The number of para-hydroxylation sites is 2. The van der Waals surface area contributed by atoms with Gasteiger partial charge in [0.15, 0.2) is 5.58 Å². The molecule has 0 aliphatic carbocycles. The molecule has 0 amide bonds. The Kier molecular flexibility index (Phi) is 5.74. The monoisotopic (exact) mass is 395 g/mol. The van der Waals surface area contributed by atoms with Crippen LogP contribution in [0.2, 0.25) is 0 Å². The van der Waals surface area contributed by atoms with Gasteiger partial charge in [-0.3, -0.25) is 4.90 Å². The van der Waals surface area contributed by atoms with Crippen LogP contribution in [0.25, 0.3) is 11.1 Å². The zero-order valence-corrected chi connectivity index (χ0v) is 17.4. The molecule has 3 aromatic rings. The molecular formula is C23H29N3O3. The van der Waals surface area contributed by atoms with Gasteiger partial charge in [-0.05, 0) is 55.2 Å². The van der Waals surface area contributed by atoms with E-state index in [0.29, 0.717) is 6.01 Å². The molecule has 1 N–H and O–H groups in total. The molecule has 1 unspecified atom stereocenters. The van der Waals surface area contributed by atoms with E-state index in [0.717, 1.165) is 49.4 Å². The zero-order chi connectivity index (χ0) is 20.4. The van der Waals surface area contributed by atoms with Gasteiger partial charge < -0.3 is 19.2 Å². The number of rotatable bonds is 6. The molecule has 2 heterocycles. The molecule has 0 spiro atoms. The number of ether oxygens (including phenoxy) is 1. The van der Waals surface area contributed by atoms with Crippen LogP contribution in [0.3, 0.4) is 0 Å². The number of aliphatic hydroxyl groups is 1. The molecule has 0 saturated carbocycles. The number of fused-ring (bicyclic) bond motifs is 1. The zero-order valence-electron chi connectivity index (χ0n) is 17.4. The molecule has 6 nitrogen and oxygen atoms in total. The van der Waals surface area contributed by atoms with Gasteiger partial charge in [0.05, 0.1) is 7.11 Å². The summed E-state index contributed by atoms with van der Waals surface area (Å²) in [6, 6.07) is 13.0. The lowest BCUT2D eigenvalue weighted by Crippen LogP contribution is -2.53. The van der Waals surface area contributed by atoms with Gasteiger partial charge in [0.2, 0.25) is 0 Å². The van der Waals surface area contributed by atoms with E-state index in [1.54, 1.807) is 7.11 Å². The maximum Gasteiger partial charge on any atom is 0.298 e. The molecule has 1 aliphatic rings. The highest BCUT2D eigenvalue weighted by Crippen LogP contribution is 2.28. The van der Waals surface area contributed by atoms with Crippen LogP contribution in [0.15, 0.2) is 40.8 Å². The van der Waals surface area contributed by atoms with E-state index in [-0.39, 0.29) is 12.6 Å². The summed E-state index contributed by atoms with van der Waals surface area (Å²) in [5.74, 6) is 0.930. The third kappa shape index (κ3) is 3.95. The lowest BCUT2D eigenvalue weighted by atomic mass is 10.00. The highest BCUT2D eigenvalue weighted by atomic mass is 16.5.